The Labute approximate surface area is 191 Å². The summed E-state index contributed by atoms with van der Waals surface area (Å²) >= 11 is 0. The quantitative estimate of drug-likeness (QED) is 0.407. The molecule has 0 spiro atoms. The molecule has 2 aromatic rings. The minimum atomic E-state index is -0.247. The van der Waals surface area contributed by atoms with Crippen LogP contribution in [0.3, 0.4) is 0 Å². The van der Waals surface area contributed by atoms with Gasteiger partial charge in [0.2, 0.25) is 5.91 Å². The van der Waals surface area contributed by atoms with Crippen molar-refractivity contribution in [2.75, 3.05) is 13.1 Å². The standard InChI is InChI=1S/C26H34N4O2/c1-4-27-25(29-22-16-26(2,3)32-23-13-8-7-12-21(22)23)28-15-9-14-24(31)30-17-19-10-5-6-11-20(19)18-30/h5-8,10-13,22H,4,9,14-18H2,1-3H3,(H2,27,28,29). The minimum Gasteiger partial charge on any atom is -0.487 e. The van der Waals surface area contributed by atoms with Gasteiger partial charge in [-0.25, -0.2) is 0 Å². The van der Waals surface area contributed by atoms with E-state index in [-0.39, 0.29) is 17.6 Å². The van der Waals surface area contributed by atoms with Gasteiger partial charge in [0.25, 0.3) is 0 Å². The van der Waals surface area contributed by atoms with Crippen LogP contribution in [0.1, 0.15) is 62.8 Å². The molecule has 6 nitrogen and oxygen atoms in total. The van der Waals surface area contributed by atoms with Crippen LogP contribution in [-0.2, 0) is 17.9 Å². The van der Waals surface area contributed by atoms with Crippen molar-refractivity contribution in [1.29, 1.82) is 0 Å². The topological polar surface area (TPSA) is 66.0 Å². The maximum absolute atomic E-state index is 12.6. The molecule has 0 saturated heterocycles. The van der Waals surface area contributed by atoms with E-state index in [2.05, 4.69) is 49.6 Å². The van der Waals surface area contributed by atoms with E-state index >= 15 is 0 Å². The number of guanidine groups is 1. The highest BCUT2D eigenvalue weighted by molar-refractivity contribution is 5.80. The van der Waals surface area contributed by atoms with Gasteiger partial charge in [-0.3, -0.25) is 9.79 Å². The van der Waals surface area contributed by atoms with Gasteiger partial charge in [0.15, 0.2) is 5.96 Å². The zero-order valence-corrected chi connectivity index (χ0v) is 19.4. The summed E-state index contributed by atoms with van der Waals surface area (Å²) < 4.78 is 6.15. The molecule has 1 atom stereocenters. The fraction of sp³-hybridized carbons (Fsp3) is 0.462. The summed E-state index contributed by atoms with van der Waals surface area (Å²) in [7, 11) is 0. The normalized spacial score (nSPS) is 19.0. The molecule has 0 aliphatic carbocycles. The average molecular weight is 435 g/mol. The molecule has 0 aromatic heterocycles. The Hall–Kier alpha value is -3.02. The van der Waals surface area contributed by atoms with Crippen molar-refractivity contribution in [2.45, 2.75) is 64.8 Å². The second kappa shape index (κ2) is 9.63. The van der Waals surface area contributed by atoms with Crippen molar-refractivity contribution >= 4 is 11.9 Å². The van der Waals surface area contributed by atoms with Gasteiger partial charge in [-0.15, -0.1) is 0 Å². The molecule has 6 heteroatoms. The fourth-order valence-corrected chi connectivity index (χ4v) is 4.50. The van der Waals surface area contributed by atoms with E-state index < -0.39 is 0 Å². The molecule has 2 heterocycles. The highest BCUT2D eigenvalue weighted by Gasteiger charge is 2.34. The number of carbonyl (C=O) groups excluding carboxylic acids is 1. The van der Waals surface area contributed by atoms with E-state index in [1.807, 2.05) is 35.2 Å². The van der Waals surface area contributed by atoms with E-state index in [9.17, 15) is 4.79 Å². The van der Waals surface area contributed by atoms with Gasteiger partial charge in [0.05, 0.1) is 6.04 Å². The monoisotopic (exact) mass is 434 g/mol. The lowest BCUT2D eigenvalue weighted by molar-refractivity contribution is -0.131. The van der Waals surface area contributed by atoms with Crippen LogP contribution in [0.5, 0.6) is 5.75 Å². The van der Waals surface area contributed by atoms with E-state index in [0.29, 0.717) is 13.0 Å². The summed E-state index contributed by atoms with van der Waals surface area (Å²) in [5.74, 6) is 1.91. The predicted molar refractivity (Wildman–Crippen MR) is 128 cm³/mol. The third kappa shape index (κ3) is 5.23. The lowest BCUT2D eigenvalue weighted by Crippen LogP contribution is -2.45. The van der Waals surface area contributed by atoms with Crippen LogP contribution < -0.4 is 15.4 Å². The van der Waals surface area contributed by atoms with E-state index in [1.165, 1.54) is 11.1 Å². The minimum absolute atomic E-state index is 0.123. The number of amides is 1. The molecular formula is C26H34N4O2. The van der Waals surface area contributed by atoms with Gasteiger partial charge < -0.3 is 20.3 Å². The van der Waals surface area contributed by atoms with Gasteiger partial charge >= 0.3 is 0 Å². The Morgan fingerprint density at radius 3 is 2.53 bits per heavy atom. The molecule has 2 N–H and O–H groups in total. The molecule has 1 amide bonds. The Morgan fingerprint density at radius 2 is 1.81 bits per heavy atom. The predicted octanol–water partition coefficient (Wildman–Crippen LogP) is 4.17. The first-order valence-corrected chi connectivity index (χ1v) is 11.6. The van der Waals surface area contributed by atoms with Crippen molar-refractivity contribution in [3.8, 4) is 5.75 Å². The average Bonchev–Trinajstić information content (AvgIpc) is 3.20. The Bertz CT molecular complexity index is 960. The summed E-state index contributed by atoms with van der Waals surface area (Å²) in [6.07, 6.45) is 2.10. The van der Waals surface area contributed by atoms with Crippen molar-refractivity contribution in [2.24, 2.45) is 4.99 Å². The second-order valence-corrected chi connectivity index (χ2v) is 9.18. The van der Waals surface area contributed by atoms with Crippen LogP contribution in [0.4, 0.5) is 0 Å². The largest absolute Gasteiger partial charge is 0.487 e. The Kier molecular flexibility index (Phi) is 6.68. The van der Waals surface area contributed by atoms with Gasteiger partial charge in [0.1, 0.15) is 11.4 Å². The first-order valence-electron chi connectivity index (χ1n) is 11.6. The van der Waals surface area contributed by atoms with E-state index in [0.717, 1.165) is 49.7 Å². The van der Waals surface area contributed by atoms with Crippen LogP contribution in [0.2, 0.25) is 0 Å². The summed E-state index contributed by atoms with van der Waals surface area (Å²) in [6, 6.07) is 16.6. The number of hydrogen-bond donors (Lipinski definition) is 2. The van der Waals surface area contributed by atoms with Crippen molar-refractivity contribution in [3.05, 3.63) is 65.2 Å². The Morgan fingerprint density at radius 1 is 1.12 bits per heavy atom. The third-order valence-electron chi connectivity index (χ3n) is 6.04. The molecule has 0 fully saturated rings. The van der Waals surface area contributed by atoms with Crippen molar-refractivity contribution in [1.82, 2.24) is 15.5 Å². The number of rotatable bonds is 6. The second-order valence-electron chi connectivity index (χ2n) is 9.18. The molecule has 1 unspecified atom stereocenters. The zero-order chi connectivity index (χ0) is 22.6. The van der Waals surface area contributed by atoms with Crippen molar-refractivity contribution in [3.63, 3.8) is 0 Å². The van der Waals surface area contributed by atoms with Crippen LogP contribution in [0.15, 0.2) is 53.5 Å². The third-order valence-corrected chi connectivity index (χ3v) is 6.04. The highest BCUT2D eigenvalue weighted by atomic mass is 16.5. The number of hydrogen-bond acceptors (Lipinski definition) is 3. The maximum atomic E-state index is 12.6. The Balaban J connectivity index is 1.32. The molecule has 0 radical (unpaired) electrons. The first kappa shape index (κ1) is 22.2. The smallest absolute Gasteiger partial charge is 0.223 e. The number of benzene rings is 2. The molecule has 0 bridgehead atoms. The number of para-hydroxylation sites is 1. The van der Waals surface area contributed by atoms with Crippen LogP contribution in [0, 0.1) is 0 Å². The summed E-state index contributed by atoms with van der Waals surface area (Å²) in [5, 5.41) is 6.93. The van der Waals surface area contributed by atoms with Crippen LogP contribution in [0.25, 0.3) is 0 Å². The molecule has 32 heavy (non-hydrogen) atoms. The van der Waals surface area contributed by atoms with Gasteiger partial charge in [0, 0.05) is 44.6 Å². The van der Waals surface area contributed by atoms with Gasteiger partial charge in [-0.2, -0.15) is 0 Å². The highest BCUT2D eigenvalue weighted by Crippen LogP contribution is 2.39. The van der Waals surface area contributed by atoms with E-state index in [1.54, 1.807) is 0 Å². The van der Waals surface area contributed by atoms with E-state index in [4.69, 9.17) is 9.73 Å². The maximum Gasteiger partial charge on any atom is 0.223 e. The summed E-state index contributed by atoms with van der Waals surface area (Å²) in [5.41, 5.74) is 3.43. The zero-order valence-electron chi connectivity index (χ0n) is 19.4. The number of nitrogens with zero attached hydrogens (tertiary/aromatic N) is 2. The molecule has 0 saturated carbocycles. The molecular weight excluding hydrogens is 400 g/mol. The lowest BCUT2D eigenvalue weighted by Gasteiger charge is -2.38. The van der Waals surface area contributed by atoms with Crippen LogP contribution >= 0.6 is 0 Å². The molecule has 2 aliphatic rings. The molecule has 2 aromatic carbocycles. The van der Waals surface area contributed by atoms with Crippen LogP contribution in [-0.4, -0.2) is 35.5 Å². The number of nitrogens with one attached hydrogen (secondary N) is 2. The number of ether oxygens (including phenoxy) is 1. The van der Waals surface area contributed by atoms with Gasteiger partial charge in [-0.05, 0) is 44.4 Å². The summed E-state index contributed by atoms with van der Waals surface area (Å²) in [4.78, 5) is 19.3. The number of fused-ring (bicyclic) bond motifs is 2. The molecule has 4 rings (SSSR count). The van der Waals surface area contributed by atoms with Crippen molar-refractivity contribution < 1.29 is 9.53 Å². The lowest BCUT2D eigenvalue weighted by atomic mass is 9.90. The number of aliphatic imine (C=N–C) groups is 1. The SMILES string of the molecule is CCNC(=NCCCC(=O)N1Cc2ccccc2C1)NC1CC(C)(C)Oc2ccccc21. The fourth-order valence-electron chi connectivity index (χ4n) is 4.50. The molecule has 170 valence electrons. The number of carbonyl (C=O) groups is 1. The van der Waals surface area contributed by atoms with Gasteiger partial charge in [-0.1, -0.05) is 42.5 Å². The molecule has 2 aliphatic heterocycles. The first-order chi connectivity index (χ1) is 15.4. The summed E-state index contributed by atoms with van der Waals surface area (Å²) in [6.45, 7) is 9.13.